The Morgan fingerprint density at radius 1 is 1.34 bits per heavy atom. The fourth-order valence-corrected chi connectivity index (χ4v) is 4.23. The number of morpholine rings is 1. The third-order valence-corrected chi connectivity index (χ3v) is 5.93. The quantitative estimate of drug-likeness (QED) is 0.483. The van der Waals surface area contributed by atoms with E-state index in [1.165, 1.54) is 15.6 Å². The van der Waals surface area contributed by atoms with Gasteiger partial charge < -0.3 is 25.8 Å². The Morgan fingerprint density at radius 2 is 2.22 bits per heavy atom. The molecule has 2 fully saturated rings. The summed E-state index contributed by atoms with van der Waals surface area (Å²) in [5.74, 6) is -0.391. The number of aliphatic hydroxyl groups is 1. The molecular formula is C20H23FN8O3. The van der Waals surface area contributed by atoms with Crippen molar-refractivity contribution in [3.8, 4) is 5.69 Å². The molecule has 0 radical (unpaired) electrons. The van der Waals surface area contributed by atoms with Crippen LogP contribution in [0.5, 0.6) is 0 Å². The lowest BCUT2D eigenvalue weighted by Crippen LogP contribution is -2.42. The zero-order chi connectivity index (χ0) is 22.2. The Bertz CT molecular complexity index is 1150. The van der Waals surface area contributed by atoms with E-state index in [1.807, 2.05) is 0 Å². The van der Waals surface area contributed by atoms with E-state index in [2.05, 4.69) is 25.6 Å². The summed E-state index contributed by atoms with van der Waals surface area (Å²) in [5, 5.41) is 21.0. The van der Waals surface area contributed by atoms with Crippen LogP contribution in [0.3, 0.4) is 0 Å². The highest BCUT2D eigenvalue weighted by Crippen LogP contribution is 2.29. The first kappa shape index (κ1) is 20.7. The van der Waals surface area contributed by atoms with Crippen molar-refractivity contribution in [2.45, 2.75) is 31.5 Å². The zero-order valence-corrected chi connectivity index (χ0v) is 17.2. The summed E-state index contributed by atoms with van der Waals surface area (Å²) >= 11 is 0. The van der Waals surface area contributed by atoms with Crippen molar-refractivity contribution in [1.82, 2.24) is 25.0 Å². The summed E-state index contributed by atoms with van der Waals surface area (Å²) in [6.07, 6.45) is 3.12. The number of rotatable bonds is 5. The molecule has 2 aromatic heterocycles. The average Bonchev–Trinajstić information content (AvgIpc) is 3.41. The standard InChI is InChI=1S/C20H23FN8O3/c21-14-8-13(3-4-16(14)28-5-6-32-10-17(28)30)29-19-15(26-27-29)9-23-20(25-19)24-12-2-1-11(7-12)18(22)31/h3-4,8-9,11-12,18,31H,1-2,5-7,10,22H2,(H,23,24,25)/t11-,12-,18?/m1/s1. The fraction of sp³-hybridized carbons (Fsp3) is 0.450. The van der Waals surface area contributed by atoms with Gasteiger partial charge in [0.05, 0.1) is 24.2 Å². The number of nitrogens with one attached hydrogen (secondary N) is 1. The predicted molar refractivity (Wildman–Crippen MR) is 113 cm³/mol. The number of carbonyl (C=O) groups excluding carboxylic acids is 1. The third kappa shape index (κ3) is 3.87. The summed E-state index contributed by atoms with van der Waals surface area (Å²) in [6, 6.07) is 4.60. The van der Waals surface area contributed by atoms with Crippen LogP contribution >= 0.6 is 0 Å². The van der Waals surface area contributed by atoms with Crippen LogP contribution in [0.25, 0.3) is 16.9 Å². The molecule has 3 aromatic rings. The van der Waals surface area contributed by atoms with E-state index in [4.69, 9.17) is 10.5 Å². The monoisotopic (exact) mass is 442 g/mol. The van der Waals surface area contributed by atoms with E-state index in [-0.39, 0.29) is 30.2 Å². The number of amides is 1. The second-order valence-electron chi connectivity index (χ2n) is 8.04. The van der Waals surface area contributed by atoms with Crippen LogP contribution in [0.4, 0.5) is 16.0 Å². The normalized spacial score (nSPS) is 22.5. The molecule has 1 saturated carbocycles. The van der Waals surface area contributed by atoms with Crippen LogP contribution < -0.4 is 16.0 Å². The molecular weight excluding hydrogens is 419 g/mol. The Labute approximate surface area is 182 Å². The molecule has 12 heteroatoms. The molecule has 32 heavy (non-hydrogen) atoms. The summed E-state index contributed by atoms with van der Waals surface area (Å²) in [5.41, 5.74) is 7.10. The van der Waals surface area contributed by atoms with Crippen LogP contribution in [0, 0.1) is 11.7 Å². The van der Waals surface area contributed by atoms with E-state index >= 15 is 0 Å². The summed E-state index contributed by atoms with van der Waals surface area (Å²) in [7, 11) is 0. The summed E-state index contributed by atoms with van der Waals surface area (Å²) < 4.78 is 21.4. The minimum atomic E-state index is -0.832. The van der Waals surface area contributed by atoms with E-state index in [0.717, 1.165) is 19.3 Å². The maximum Gasteiger partial charge on any atom is 0.253 e. The molecule has 1 amide bonds. The SMILES string of the molecule is NC(O)[C@@H]1CC[C@@H](Nc2ncc3nnn(-c4ccc(N5CCOCC5=O)c(F)c4)c3n2)C1. The fourth-order valence-electron chi connectivity index (χ4n) is 4.23. The van der Waals surface area contributed by atoms with Gasteiger partial charge in [-0.1, -0.05) is 5.21 Å². The van der Waals surface area contributed by atoms with Gasteiger partial charge in [0, 0.05) is 24.6 Å². The Kier molecular flexibility index (Phi) is 5.41. The molecule has 1 aliphatic carbocycles. The van der Waals surface area contributed by atoms with E-state index in [0.29, 0.717) is 36.0 Å². The number of fused-ring (bicyclic) bond motifs is 1. The number of benzene rings is 1. The van der Waals surface area contributed by atoms with Crippen molar-refractivity contribution in [2.75, 3.05) is 30.0 Å². The highest BCUT2D eigenvalue weighted by molar-refractivity contribution is 5.95. The van der Waals surface area contributed by atoms with Gasteiger partial charge in [0.25, 0.3) is 5.91 Å². The largest absolute Gasteiger partial charge is 0.379 e. The van der Waals surface area contributed by atoms with Gasteiger partial charge in [-0.15, -0.1) is 5.10 Å². The zero-order valence-electron chi connectivity index (χ0n) is 17.2. The Morgan fingerprint density at radius 3 is 2.97 bits per heavy atom. The average molecular weight is 442 g/mol. The molecule has 168 valence electrons. The van der Waals surface area contributed by atoms with Crippen LogP contribution in [-0.4, -0.2) is 68.0 Å². The number of nitrogens with zero attached hydrogens (tertiary/aromatic N) is 6. The van der Waals surface area contributed by atoms with Gasteiger partial charge in [-0.05, 0) is 31.4 Å². The minimum absolute atomic E-state index is 0.0447. The molecule has 0 spiro atoms. The minimum Gasteiger partial charge on any atom is -0.379 e. The van der Waals surface area contributed by atoms with Gasteiger partial charge >= 0.3 is 0 Å². The first-order valence-corrected chi connectivity index (χ1v) is 10.5. The van der Waals surface area contributed by atoms with Crippen LogP contribution in [0.1, 0.15) is 19.3 Å². The molecule has 3 atom stereocenters. The van der Waals surface area contributed by atoms with E-state index in [9.17, 15) is 14.3 Å². The molecule has 4 N–H and O–H groups in total. The molecule has 3 heterocycles. The maximum atomic E-state index is 14.9. The van der Waals surface area contributed by atoms with Gasteiger partial charge in [0.2, 0.25) is 5.95 Å². The van der Waals surface area contributed by atoms with Crippen molar-refractivity contribution in [1.29, 1.82) is 0 Å². The lowest BCUT2D eigenvalue weighted by Gasteiger charge is -2.27. The van der Waals surface area contributed by atoms with Crippen LogP contribution in [0.2, 0.25) is 0 Å². The first-order valence-electron chi connectivity index (χ1n) is 10.5. The lowest BCUT2D eigenvalue weighted by molar-refractivity contribution is -0.125. The lowest BCUT2D eigenvalue weighted by atomic mass is 10.1. The Hall–Kier alpha value is -3.22. The molecule has 1 aliphatic heterocycles. The second kappa shape index (κ2) is 8.37. The number of ether oxygens (including phenoxy) is 1. The number of halogens is 1. The Balaban J connectivity index is 1.40. The summed E-state index contributed by atoms with van der Waals surface area (Å²) in [4.78, 5) is 22.2. The number of aromatic nitrogens is 5. The van der Waals surface area contributed by atoms with Gasteiger partial charge in [0.15, 0.2) is 11.2 Å². The number of aliphatic hydroxyl groups excluding tert-OH is 1. The number of nitrogens with two attached hydrogens (primary N) is 1. The molecule has 5 rings (SSSR count). The van der Waals surface area contributed by atoms with Crippen molar-refractivity contribution < 1.29 is 19.0 Å². The highest BCUT2D eigenvalue weighted by atomic mass is 19.1. The third-order valence-electron chi connectivity index (χ3n) is 5.93. The van der Waals surface area contributed by atoms with E-state index in [1.54, 1.807) is 18.3 Å². The van der Waals surface area contributed by atoms with Gasteiger partial charge in [-0.3, -0.25) is 4.79 Å². The van der Waals surface area contributed by atoms with E-state index < -0.39 is 12.0 Å². The second-order valence-corrected chi connectivity index (χ2v) is 8.04. The van der Waals surface area contributed by atoms with Crippen molar-refractivity contribution in [3.05, 3.63) is 30.2 Å². The molecule has 2 aliphatic rings. The first-order chi connectivity index (χ1) is 15.5. The van der Waals surface area contributed by atoms with Crippen molar-refractivity contribution >= 4 is 28.7 Å². The van der Waals surface area contributed by atoms with Gasteiger partial charge in [-0.25, -0.2) is 9.37 Å². The van der Waals surface area contributed by atoms with Gasteiger partial charge in [0.1, 0.15) is 18.7 Å². The molecule has 1 saturated heterocycles. The number of hydrogen-bond donors (Lipinski definition) is 3. The number of carbonyl (C=O) groups is 1. The maximum absolute atomic E-state index is 14.9. The molecule has 11 nitrogen and oxygen atoms in total. The van der Waals surface area contributed by atoms with Crippen molar-refractivity contribution in [2.24, 2.45) is 11.7 Å². The van der Waals surface area contributed by atoms with Gasteiger partial charge in [-0.2, -0.15) is 9.67 Å². The molecule has 0 bridgehead atoms. The predicted octanol–water partition coefficient (Wildman–Crippen LogP) is 0.570. The van der Waals surface area contributed by atoms with Crippen LogP contribution in [-0.2, 0) is 9.53 Å². The number of anilines is 2. The van der Waals surface area contributed by atoms with Crippen LogP contribution in [0.15, 0.2) is 24.4 Å². The number of hydrogen-bond acceptors (Lipinski definition) is 9. The highest BCUT2D eigenvalue weighted by Gasteiger charge is 2.29. The van der Waals surface area contributed by atoms with Crippen molar-refractivity contribution in [3.63, 3.8) is 0 Å². The topological polar surface area (TPSA) is 144 Å². The molecule has 1 aromatic carbocycles. The smallest absolute Gasteiger partial charge is 0.253 e. The molecule has 1 unspecified atom stereocenters. The summed E-state index contributed by atoms with van der Waals surface area (Å²) in [6.45, 7) is 0.597.